The number of halogens is 2. The van der Waals surface area contributed by atoms with Crippen LogP contribution in [0.1, 0.15) is 47.8 Å². The van der Waals surface area contributed by atoms with E-state index in [0.29, 0.717) is 28.1 Å². The van der Waals surface area contributed by atoms with Gasteiger partial charge in [-0.05, 0) is 50.1 Å². The number of aldehydes is 1. The molecule has 0 spiro atoms. The van der Waals surface area contributed by atoms with Crippen molar-refractivity contribution in [2.45, 2.75) is 26.8 Å². The minimum atomic E-state index is -0.511. The SMILES string of the molecule is CCOC(=O)c1c(-c2ccccc2Br)c(-c2ccc(F)cc2)c(C=O)n1C(C)C. The molecule has 4 nitrogen and oxygen atoms in total. The molecule has 0 aliphatic heterocycles. The molecule has 0 bridgehead atoms. The Bertz CT molecular complexity index is 1050. The molecular weight excluding hydrogens is 437 g/mol. The molecule has 1 heterocycles. The summed E-state index contributed by atoms with van der Waals surface area (Å²) in [5.41, 5.74) is 3.19. The molecule has 0 radical (unpaired) electrons. The molecular formula is C23H21BrFNO3. The van der Waals surface area contributed by atoms with E-state index in [2.05, 4.69) is 15.9 Å². The molecule has 1 aromatic heterocycles. The first kappa shape index (κ1) is 21.0. The second-order valence-corrected chi connectivity index (χ2v) is 7.63. The van der Waals surface area contributed by atoms with Crippen LogP contribution in [-0.4, -0.2) is 23.4 Å². The molecule has 2 aromatic carbocycles. The van der Waals surface area contributed by atoms with Gasteiger partial charge in [-0.3, -0.25) is 4.79 Å². The Morgan fingerprint density at radius 1 is 1.14 bits per heavy atom. The first-order valence-electron chi connectivity index (χ1n) is 9.32. The molecule has 0 fully saturated rings. The average molecular weight is 458 g/mol. The Balaban J connectivity index is 2.50. The van der Waals surface area contributed by atoms with Crippen molar-refractivity contribution in [3.63, 3.8) is 0 Å². The average Bonchev–Trinajstić information content (AvgIpc) is 3.04. The Hall–Kier alpha value is -2.73. The maximum atomic E-state index is 13.6. The van der Waals surface area contributed by atoms with Crippen molar-refractivity contribution >= 4 is 28.2 Å². The van der Waals surface area contributed by atoms with Crippen molar-refractivity contribution in [1.29, 1.82) is 0 Å². The number of benzene rings is 2. The Labute approximate surface area is 177 Å². The van der Waals surface area contributed by atoms with Gasteiger partial charge in [-0.25, -0.2) is 9.18 Å². The number of ether oxygens (including phenoxy) is 1. The summed E-state index contributed by atoms with van der Waals surface area (Å²) in [6, 6.07) is 13.2. The number of esters is 1. The van der Waals surface area contributed by atoms with Crippen molar-refractivity contribution in [2.75, 3.05) is 6.61 Å². The monoisotopic (exact) mass is 457 g/mol. The quantitative estimate of drug-likeness (QED) is 0.322. The van der Waals surface area contributed by atoms with Crippen LogP contribution in [-0.2, 0) is 4.74 Å². The van der Waals surface area contributed by atoms with Crippen molar-refractivity contribution < 1.29 is 18.7 Å². The number of carbonyl (C=O) groups is 2. The van der Waals surface area contributed by atoms with Crippen LogP contribution in [0.4, 0.5) is 4.39 Å². The van der Waals surface area contributed by atoms with E-state index in [1.54, 1.807) is 23.6 Å². The van der Waals surface area contributed by atoms with Gasteiger partial charge < -0.3 is 9.30 Å². The maximum Gasteiger partial charge on any atom is 0.355 e. The van der Waals surface area contributed by atoms with Crippen LogP contribution in [0, 0.1) is 5.82 Å². The van der Waals surface area contributed by atoms with Crippen molar-refractivity contribution in [3.05, 3.63) is 70.2 Å². The largest absolute Gasteiger partial charge is 0.461 e. The maximum absolute atomic E-state index is 13.6. The molecule has 0 aliphatic rings. The second kappa shape index (κ2) is 8.74. The highest BCUT2D eigenvalue weighted by Gasteiger charge is 2.31. The van der Waals surface area contributed by atoms with E-state index in [0.717, 1.165) is 16.3 Å². The lowest BCUT2D eigenvalue weighted by molar-refractivity contribution is 0.0513. The van der Waals surface area contributed by atoms with Crippen LogP contribution in [0.2, 0.25) is 0 Å². The van der Waals surface area contributed by atoms with Gasteiger partial charge in [0.25, 0.3) is 0 Å². The van der Waals surface area contributed by atoms with Gasteiger partial charge in [0, 0.05) is 21.6 Å². The fraction of sp³-hybridized carbons (Fsp3) is 0.217. The van der Waals surface area contributed by atoms with Crippen LogP contribution in [0.5, 0.6) is 0 Å². The molecule has 6 heteroatoms. The highest BCUT2D eigenvalue weighted by molar-refractivity contribution is 9.10. The van der Waals surface area contributed by atoms with Gasteiger partial charge in [0.05, 0.1) is 12.3 Å². The third kappa shape index (κ3) is 3.90. The molecule has 3 rings (SSSR count). The zero-order valence-corrected chi connectivity index (χ0v) is 18.0. The van der Waals surface area contributed by atoms with E-state index in [1.165, 1.54) is 12.1 Å². The number of nitrogens with zero attached hydrogens (tertiary/aromatic N) is 1. The van der Waals surface area contributed by atoms with Gasteiger partial charge in [-0.15, -0.1) is 0 Å². The standard InChI is InChI=1S/C23H21BrFNO3/c1-4-29-23(28)22-21(17-7-5-6-8-18(17)24)20(15-9-11-16(25)12-10-15)19(13-27)26(22)14(2)3/h5-14H,4H2,1-3H3. The highest BCUT2D eigenvalue weighted by atomic mass is 79.9. The molecule has 150 valence electrons. The van der Waals surface area contributed by atoms with Crippen molar-refractivity contribution in [3.8, 4) is 22.3 Å². The first-order chi connectivity index (χ1) is 13.9. The van der Waals surface area contributed by atoms with E-state index >= 15 is 0 Å². The number of carbonyl (C=O) groups excluding carboxylic acids is 2. The molecule has 0 N–H and O–H groups in total. The smallest absolute Gasteiger partial charge is 0.355 e. The summed E-state index contributed by atoms with van der Waals surface area (Å²) in [4.78, 5) is 25.2. The summed E-state index contributed by atoms with van der Waals surface area (Å²) < 4.78 is 21.4. The summed E-state index contributed by atoms with van der Waals surface area (Å²) in [6.07, 6.45) is 0.738. The van der Waals surface area contributed by atoms with E-state index < -0.39 is 5.97 Å². The van der Waals surface area contributed by atoms with Gasteiger partial charge >= 0.3 is 5.97 Å². The minimum Gasteiger partial charge on any atom is -0.461 e. The summed E-state index contributed by atoms with van der Waals surface area (Å²) >= 11 is 3.56. The lowest BCUT2D eigenvalue weighted by Crippen LogP contribution is -2.16. The normalized spacial score (nSPS) is 11.0. The van der Waals surface area contributed by atoms with Gasteiger partial charge in [-0.2, -0.15) is 0 Å². The Morgan fingerprint density at radius 2 is 1.79 bits per heavy atom. The van der Waals surface area contributed by atoms with E-state index in [-0.39, 0.29) is 18.5 Å². The summed E-state index contributed by atoms with van der Waals surface area (Å²) in [5, 5.41) is 0. The van der Waals surface area contributed by atoms with E-state index in [4.69, 9.17) is 4.74 Å². The molecule has 0 aliphatic carbocycles. The highest BCUT2D eigenvalue weighted by Crippen LogP contribution is 2.43. The molecule has 0 atom stereocenters. The lowest BCUT2D eigenvalue weighted by Gasteiger charge is -2.15. The van der Waals surface area contributed by atoms with Crippen LogP contribution in [0.3, 0.4) is 0 Å². The summed E-state index contributed by atoms with van der Waals surface area (Å²) in [5.74, 6) is -0.888. The van der Waals surface area contributed by atoms with Gasteiger partial charge in [-0.1, -0.05) is 46.3 Å². The zero-order chi connectivity index (χ0) is 21.1. The first-order valence-corrected chi connectivity index (χ1v) is 10.1. The fourth-order valence-electron chi connectivity index (χ4n) is 3.49. The second-order valence-electron chi connectivity index (χ2n) is 6.77. The molecule has 3 aromatic rings. The zero-order valence-electron chi connectivity index (χ0n) is 16.4. The molecule has 0 amide bonds. The van der Waals surface area contributed by atoms with Crippen molar-refractivity contribution in [1.82, 2.24) is 4.57 Å². The third-order valence-corrected chi connectivity index (χ3v) is 5.31. The predicted molar refractivity (Wildman–Crippen MR) is 115 cm³/mol. The van der Waals surface area contributed by atoms with E-state index in [1.807, 2.05) is 38.1 Å². The third-order valence-electron chi connectivity index (χ3n) is 4.62. The van der Waals surface area contributed by atoms with Crippen molar-refractivity contribution in [2.24, 2.45) is 0 Å². The van der Waals surface area contributed by atoms with Crippen LogP contribution in [0.25, 0.3) is 22.3 Å². The Morgan fingerprint density at radius 3 is 2.34 bits per heavy atom. The fourth-order valence-corrected chi connectivity index (χ4v) is 3.98. The van der Waals surface area contributed by atoms with Crippen LogP contribution >= 0.6 is 15.9 Å². The molecule has 0 saturated carbocycles. The lowest BCUT2D eigenvalue weighted by atomic mass is 9.95. The number of hydrogen-bond donors (Lipinski definition) is 0. The molecule has 0 unspecified atom stereocenters. The van der Waals surface area contributed by atoms with Gasteiger partial charge in [0.2, 0.25) is 0 Å². The summed E-state index contributed by atoms with van der Waals surface area (Å²) in [6.45, 7) is 5.74. The predicted octanol–water partition coefficient (Wildman–Crippen LogP) is 6.29. The number of hydrogen-bond acceptors (Lipinski definition) is 3. The number of rotatable bonds is 6. The number of aromatic nitrogens is 1. The van der Waals surface area contributed by atoms with Gasteiger partial charge in [0.15, 0.2) is 6.29 Å². The molecule has 29 heavy (non-hydrogen) atoms. The van der Waals surface area contributed by atoms with E-state index in [9.17, 15) is 14.0 Å². The molecule has 0 saturated heterocycles. The van der Waals surface area contributed by atoms with Gasteiger partial charge in [0.1, 0.15) is 11.5 Å². The van der Waals surface area contributed by atoms with Crippen LogP contribution < -0.4 is 0 Å². The minimum absolute atomic E-state index is 0.176. The van der Waals surface area contributed by atoms with Crippen LogP contribution in [0.15, 0.2) is 53.0 Å². The summed E-state index contributed by atoms with van der Waals surface area (Å²) in [7, 11) is 0. The Kier molecular flexibility index (Phi) is 6.33. The topological polar surface area (TPSA) is 48.3 Å².